The molecule has 1 rings (SSSR count). The van der Waals surface area contributed by atoms with E-state index in [4.69, 9.17) is 11.5 Å². The Morgan fingerprint density at radius 3 is 2.47 bits per heavy atom. The second-order valence-corrected chi connectivity index (χ2v) is 4.87. The van der Waals surface area contributed by atoms with Gasteiger partial charge in [-0.25, -0.2) is 4.79 Å². The van der Waals surface area contributed by atoms with Gasteiger partial charge in [0.25, 0.3) is 0 Å². The van der Waals surface area contributed by atoms with Gasteiger partial charge in [-0.15, -0.1) is 6.42 Å². The van der Waals surface area contributed by atoms with Gasteiger partial charge in [-0.1, -0.05) is 25.7 Å². The predicted octanol–water partition coefficient (Wildman–Crippen LogP) is 1.78. The van der Waals surface area contributed by atoms with Crippen LogP contribution in [-0.2, 0) is 4.79 Å². The van der Waals surface area contributed by atoms with Crippen LogP contribution < -0.4 is 0 Å². The second kappa shape index (κ2) is 7.67. The first-order chi connectivity index (χ1) is 9.10. The van der Waals surface area contributed by atoms with E-state index in [1.54, 1.807) is 4.90 Å². The van der Waals surface area contributed by atoms with E-state index in [0.29, 0.717) is 6.54 Å². The molecule has 0 unspecified atom stereocenters. The Kier molecular flexibility index (Phi) is 6.20. The zero-order chi connectivity index (χ0) is 14.3. The minimum Gasteiger partial charge on any atom is -0.480 e. The molecule has 106 valence electrons. The maximum absolute atomic E-state index is 12.4. The summed E-state index contributed by atoms with van der Waals surface area (Å²) in [4.78, 5) is 26.4. The quantitative estimate of drug-likeness (QED) is 0.745. The summed E-state index contributed by atoms with van der Waals surface area (Å²) in [5.74, 6) is 1.49. The lowest BCUT2D eigenvalue weighted by molar-refractivity contribution is -0.138. The van der Waals surface area contributed by atoms with Gasteiger partial charge in [-0.3, -0.25) is 4.79 Å². The number of amides is 2. The number of urea groups is 1. The molecule has 1 fully saturated rings. The lowest BCUT2D eigenvalue weighted by atomic mass is 10.2. The SMILES string of the molecule is C#CCN(CCC)C(=O)N(CC(=O)O)C1CCCC1. The zero-order valence-corrected chi connectivity index (χ0v) is 11.5. The van der Waals surface area contributed by atoms with Crippen LogP contribution in [0.4, 0.5) is 4.79 Å². The van der Waals surface area contributed by atoms with Gasteiger partial charge in [0, 0.05) is 12.6 Å². The number of rotatable bonds is 6. The van der Waals surface area contributed by atoms with Gasteiger partial charge in [0.1, 0.15) is 6.54 Å². The van der Waals surface area contributed by atoms with Crippen molar-refractivity contribution in [2.24, 2.45) is 0 Å². The fraction of sp³-hybridized carbons (Fsp3) is 0.714. The third-order valence-corrected chi connectivity index (χ3v) is 3.36. The van der Waals surface area contributed by atoms with Gasteiger partial charge in [0.15, 0.2) is 0 Å². The highest BCUT2D eigenvalue weighted by Gasteiger charge is 2.30. The molecular formula is C14H22N2O3. The Morgan fingerprint density at radius 2 is 2.00 bits per heavy atom. The molecule has 0 heterocycles. The highest BCUT2D eigenvalue weighted by molar-refractivity contribution is 5.80. The van der Waals surface area contributed by atoms with Crippen molar-refractivity contribution in [1.29, 1.82) is 0 Å². The third kappa shape index (κ3) is 4.47. The molecule has 5 heteroatoms. The first-order valence-corrected chi connectivity index (χ1v) is 6.81. The van der Waals surface area contributed by atoms with Crippen LogP contribution in [-0.4, -0.2) is 52.6 Å². The molecule has 0 spiro atoms. The molecule has 19 heavy (non-hydrogen) atoms. The minimum absolute atomic E-state index is 0.0423. The van der Waals surface area contributed by atoms with Gasteiger partial charge in [0.05, 0.1) is 6.54 Å². The molecule has 0 aliphatic heterocycles. The van der Waals surface area contributed by atoms with E-state index in [1.807, 2.05) is 6.92 Å². The minimum atomic E-state index is -0.975. The summed E-state index contributed by atoms with van der Waals surface area (Å²) in [5, 5.41) is 8.98. The average molecular weight is 266 g/mol. The number of carbonyl (C=O) groups excluding carboxylic acids is 1. The summed E-state index contributed by atoms with van der Waals surface area (Å²) in [7, 11) is 0. The molecule has 1 aliphatic carbocycles. The van der Waals surface area contributed by atoms with E-state index >= 15 is 0 Å². The zero-order valence-electron chi connectivity index (χ0n) is 11.5. The van der Waals surface area contributed by atoms with Crippen LogP contribution in [0.3, 0.4) is 0 Å². The number of carboxylic acid groups (broad SMARTS) is 1. The number of hydrogen-bond donors (Lipinski definition) is 1. The van der Waals surface area contributed by atoms with Crippen LogP contribution in [0.2, 0.25) is 0 Å². The normalized spacial score (nSPS) is 14.9. The molecule has 0 aromatic heterocycles. The monoisotopic (exact) mass is 266 g/mol. The molecule has 0 bridgehead atoms. The smallest absolute Gasteiger partial charge is 0.323 e. The van der Waals surface area contributed by atoms with Gasteiger partial charge >= 0.3 is 12.0 Å². The van der Waals surface area contributed by atoms with E-state index in [-0.39, 0.29) is 25.2 Å². The largest absolute Gasteiger partial charge is 0.480 e. The molecule has 0 saturated heterocycles. The molecule has 0 aromatic carbocycles. The molecule has 0 aromatic rings. The van der Waals surface area contributed by atoms with Crippen molar-refractivity contribution < 1.29 is 14.7 Å². The van der Waals surface area contributed by atoms with Crippen molar-refractivity contribution in [2.45, 2.75) is 45.1 Å². The maximum Gasteiger partial charge on any atom is 0.323 e. The number of carbonyl (C=O) groups is 2. The first-order valence-electron chi connectivity index (χ1n) is 6.81. The van der Waals surface area contributed by atoms with Crippen LogP contribution in [0.25, 0.3) is 0 Å². The fourth-order valence-corrected chi connectivity index (χ4v) is 2.52. The lowest BCUT2D eigenvalue weighted by Gasteiger charge is -2.32. The molecule has 1 N–H and O–H groups in total. The van der Waals surface area contributed by atoms with E-state index in [1.165, 1.54) is 4.90 Å². The van der Waals surface area contributed by atoms with Crippen molar-refractivity contribution in [3.8, 4) is 12.3 Å². The van der Waals surface area contributed by atoms with Crippen LogP contribution in [0.15, 0.2) is 0 Å². The van der Waals surface area contributed by atoms with E-state index < -0.39 is 5.97 Å². The van der Waals surface area contributed by atoms with Gasteiger partial charge in [-0.05, 0) is 19.3 Å². The van der Waals surface area contributed by atoms with Gasteiger partial charge < -0.3 is 14.9 Å². The Bertz CT molecular complexity index is 356. The molecule has 0 atom stereocenters. The van der Waals surface area contributed by atoms with E-state index in [9.17, 15) is 9.59 Å². The molecule has 5 nitrogen and oxygen atoms in total. The number of aliphatic carboxylic acids is 1. The molecule has 0 radical (unpaired) electrons. The summed E-state index contributed by atoms with van der Waals surface area (Å²) in [5.41, 5.74) is 0. The maximum atomic E-state index is 12.4. The number of terminal acetylenes is 1. The summed E-state index contributed by atoms with van der Waals surface area (Å²) < 4.78 is 0. The Balaban J connectivity index is 2.78. The van der Waals surface area contributed by atoms with Crippen LogP contribution in [0.5, 0.6) is 0 Å². The van der Waals surface area contributed by atoms with Gasteiger partial charge in [-0.2, -0.15) is 0 Å². The summed E-state index contributed by atoms with van der Waals surface area (Å²) in [6.07, 6.45) is 9.95. The molecule has 1 saturated carbocycles. The second-order valence-electron chi connectivity index (χ2n) is 4.87. The topological polar surface area (TPSA) is 60.9 Å². The standard InChI is InChI=1S/C14H22N2O3/c1-3-9-15(10-4-2)14(19)16(11-13(17)18)12-7-5-6-8-12/h1,12H,4-11H2,2H3,(H,17,18). The van der Waals surface area contributed by atoms with Crippen LogP contribution >= 0.6 is 0 Å². The van der Waals surface area contributed by atoms with Crippen molar-refractivity contribution in [3.63, 3.8) is 0 Å². The number of hydrogen-bond acceptors (Lipinski definition) is 2. The number of carboxylic acids is 1. The Labute approximate surface area is 114 Å². The summed E-state index contributed by atoms with van der Waals surface area (Å²) in [6.45, 7) is 2.52. The Hall–Kier alpha value is -1.70. The fourth-order valence-electron chi connectivity index (χ4n) is 2.52. The highest BCUT2D eigenvalue weighted by atomic mass is 16.4. The summed E-state index contributed by atoms with van der Waals surface area (Å²) >= 11 is 0. The molecular weight excluding hydrogens is 244 g/mol. The lowest BCUT2D eigenvalue weighted by Crippen LogP contribution is -2.49. The van der Waals surface area contributed by atoms with Crippen molar-refractivity contribution in [1.82, 2.24) is 9.80 Å². The van der Waals surface area contributed by atoms with Crippen molar-refractivity contribution in [3.05, 3.63) is 0 Å². The third-order valence-electron chi connectivity index (χ3n) is 3.36. The van der Waals surface area contributed by atoms with Crippen LogP contribution in [0.1, 0.15) is 39.0 Å². The first kappa shape index (κ1) is 15.4. The summed E-state index contributed by atoms with van der Waals surface area (Å²) in [6, 6.07) is -0.199. The van der Waals surface area contributed by atoms with E-state index in [2.05, 4.69) is 5.92 Å². The van der Waals surface area contributed by atoms with Gasteiger partial charge in [0.2, 0.25) is 0 Å². The number of nitrogens with zero attached hydrogens (tertiary/aromatic N) is 2. The molecule has 2 amide bonds. The predicted molar refractivity (Wildman–Crippen MR) is 72.7 cm³/mol. The van der Waals surface area contributed by atoms with Crippen molar-refractivity contribution in [2.75, 3.05) is 19.6 Å². The van der Waals surface area contributed by atoms with E-state index in [0.717, 1.165) is 32.1 Å². The van der Waals surface area contributed by atoms with Crippen LogP contribution in [0, 0.1) is 12.3 Å². The van der Waals surface area contributed by atoms with Crippen molar-refractivity contribution >= 4 is 12.0 Å². The molecule has 1 aliphatic rings. The average Bonchev–Trinajstić information content (AvgIpc) is 2.88. The Morgan fingerprint density at radius 1 is 1.37 bits per heavy atom. The highest BCUT2D eigenvalue weighted by Crippen LogP contribution is 2.24.